The quantitative estimate of drug-likeness (QED) is 0.357. The molecule has 5 rings (SSSR count). The highest BCUT2D eigenvalue weighted by atomic mass is 16.6. The molecule has 40 heavy (non-hydrogen) atoms. The first kappa shape index (κ1) is 28.6. The molecular weight excluding hydrogens is 524 g/mol. The molecule has 2 aliphatic heterocycles. The van der Waals surface area contributed by atoms with Gasteiger partial charge in [-0.15, -0.1) is 0 Å². The van der Waals surface area contributed by atoms with Gasteiger partial charge in [0.25, 0.3) is 0 Å². The summed E-state index contributed by atoms with van der Waals surface area (Å²) in [6.07, 6.45) is -2.74. The van der Waals surface area contributed by atoms with Crippen molar-refractivity contribution in [2.45, 2.75) is 43.4 Å². The van der Waals surface area contributed by atoms with Gasteiger partial charge in [0.15, 0.2) is 23.0 Å². The minimum Gasteiger partial charge on any atom is -0.502 e. The number of aromatic hydroxyl groups is 1. The van der Waals surface area contributed by atoms with E-state index in [0.29, 0.717) is 54.8 Å². The smallest absolute Gasteiger partial charge is 0.203 e. The number of fused-ring (bicyclic) bond motifs is 1. The van der Waals surface area contributed by atoms with Crippen LogP contribution in [0, 0.1) is 17.8 Å². The number of hydrogen-bond acceptors (Lipinski definition) is 11. The van der Waals surface area contributed by atoms with Crippen molar-refractivity contribution < 1.29 is 53.6 Å². The average molecular weight is 563 g/mol. The highest BCUT2D eigenvalue weighted by Gasteiger charge is 2.49. The molecule has 2 aromatic carbocycles. The van der Waals surface area contributed by atoms with Crippen molar-refractivity contribution in [3.05, 3.63) is 35.4 Å². The maximum Gasteiger partial charge on any atom is 0.203 e. The molecule has 0 aromatic heterocycles. The van der Waals surface area contributed by atoms with Crippen LogP contribution < -0.4 is 23.7 Å². The number of phenolic OH excluding ortho intramolecular Hbond substituents is 1. The molecule has 8 atom stereocenters. The summed E-state index contributed by atoms with van der Waals surface area (Å²) in [5.41, 5.74) is 1.66. The van der Waals surface area contributed by atoms with Crippen LogP contribution in [0.2, 0.25) is 0 Å². The van der Waals surface area contributed by atoms with Crippen molar-refractivity contribution in [2.75, 3.05) is 48.3 Å². The van der Waals surface area contributed by atoms with Gasteiger partial charge in [-0.1, -0.05) is 0 Å². The summed E-state index contributed by atoms with van der Waals surface area (Å²) in [4.78, 5) is 0. The lowest BCUT2D eigenvalue weighted by Gasteiger charge is -2.36. The lowest BCUT2D eigenvalue weighted by Crippen LogP contribution is -2.48. The molecule has 0 amide bonds. The normalized spacial score (nSPS) is 31.5. The van der Waals surface area contributed by atoms with E-state index in [1.165, 1.54) is 28.4 Å². The van der Waals surface area contributed by atoms with E-state index in [2.05, 4.69) is 0 Å². The Labute approximate surface area is 233 Å². The second-order valence-corrected chi connectivity index (χ2v) is 10.6. The van der Waals surface area contributed by atoms with Crippen molar-refractivity contribution in [3.63, 3.8) is 0 Å². The van der Waals surface area contributed by atoms with Crippen LogP contribution in [-0.4, -0.2) is 87.0 Å². The summed E-state index contributed by atoms with van der Waals surface area (Å²) in [6, 6.07) is 7.18. The summed E-state index contributed by atoms with van der Waals surface area (Å²) in [6.45, 7) is 0.817. The minimum atomic E-state index is -1.11. The lowest BCUT2D eigenvalue weighted by atomic mass is 9.83. The van der Waals surface area contributed by atoms with E-state index in [0.717, 1.165) is 11.1 Å². The van der Waals surface area contributed by atoms with Gasteiger partial charge in [-0.3, -0.25) is 0 Å². The van der Waals surface area contributed by atoms with E-state index >= 15 is 0 Å². The molecule has 11 nitrogen and oxygen atoms in total. The first-order valence-corrected chi connectivity index (χ1v) is 13.4. The molecular formula is C29H38O11. The fraction of sp³-hybridized carbons (Fsp3) is 0.586. The topological polar surface area (TPSA) is 146 Å². The Morgan fingerprint density at radius 3 is 1.68 bits per heavy atom. The first-order chi connectivity index (χ1) is 19.3. The van der Waals surface area contributed by atoms with Crippen LogP contribution in [0.4, 0.5) is 0 Å². The van der Waals surface area contributed by atoms with E-state index in [1.807, 2.05) is 12.1 Å². The molecule has 2 saturated heterocycles. The molecule has 0 radical (unpaired) electrons. The molecule has 1 aliphatic carbocycles. The zero-order valence-corrected chi connectivity index (χ0v) is 23.1. The van der Waals surface area contributed by atoms with Gasteiger partial charge in [-0.2, -0.15) is 0 Å². The molecule has 1 saturated carbocycles. The van der Waals surface area contributed by atoms with E-state index in [9.17, 15) is 20.4 Å². The molecule has 2 aromatic rings. The number of methoxy groups -OCH3 is 4. The van der Waals surface area contributed by atoms with Gasteiger partial charge in [-0.05, 0) is 54.2 Å². The predicted octanol–water partition coefficient (Wildman–Crippen LogP) is 2.37. The van der Waals surface area contributed by atoms with Gasteiger partial charge >= 0.3 is 0 Å². The Morgan fingerprint density at radius 1 is 0.750 bits per heavy atom. The second-order valence-electron chi connectivity index (χ2n) is 10.6. The summed E-state index contributed by atoms with van der Waals surface area (Å²) in [5.74, 6) is 1.56. The Balaban J connectivity index is 1.40. The predicted molar refractivity (Wildman–Crippen MR) is 141 cm³/mol. The number of aliphatic hydroxyl groups is 3. The fourth-order valence-corrected chi connectivity index (χ4v) is 6.20. The molecule has 0 spiro atoms. The summed E-state index contributed by atoms with van der Waals surface area (Å²) in [5, 5.41) is 40.8. The number of benzene rings is 2. The van der Waals surface area contributed by atoms with E-state index in [-0.39, 0.29) is 42.3 Å². The monoisotopic (exact) mass is 562 g/mol. The van der Waals surface area contributed by atoms with Gasteiger partial charge in [0.1, 0.15) is 12.2 Å². The van der Waals surface area contributed by atoms with Crippen molar-refractivity contribution in [2.24, 2.45) is 17.8 Å². The third-order valence-electron chi connectivity index (χ3n) is 8.35. The molecule has 3 aliphatic rings. The van der Waals surface area contributed by atoms with Crippen LogP contribution in [0.5, 0.6) is 34.5 Å². The lowest BCUT2D eigenvalue weighted by molar-refractivity contribution is -0.0965. The fourth-order valence-electron chi connectivity index (χ4n) is 6.20. The second kappa shape index (κ2) is 11.9. The number of phenols is 1. The zero-order valence-electron chi connectivity index (χ0n) is 23.1. The molecule has 5 unspecified atom stereocenters. The molecule has 4 N–H and O–H groups in total. The largest absolute Gasteiger partial charge is 0.502 e. The Hall–Kier alpha value is -2.96. The maximum atomic E-state index is 10.6. The van der Waals surface area contributed by atoms with Gasteiger partial charge < -0.3 is 53.6 Å². The van der Waals surface area contributed by atoms with Crippen LogP contribution >= 0.6 is 0 Å². The SMILES string of the molecule is COc1cc(C2OCC3C(c4cc(OC)c(OC5C[C@H](CO)C[C@H](O)[C@H]5O)c(OC)c4)OCC23)cc(OC)c1O. The van der Waals surface area contributed by atoms with Crippen molar-refractivity contribution in [1.82, 2.24) is 0 Å². The van der Waals surface area contributed by atoms with Crippen molar-refractivity contribution in [3.8, 4) is 34.5 Å². The summed E-state index contributed by atoms with van der Waals surface area (Å²) in [7, 11) is 6.02. The molecule has 0 bridgehead atoms. The minimum absolute atomic E-state index is 0.0394. The van der Waals surface area contributed by atoms with Crippen LogP contribution in [0.1, 0.15) is 36.2 Å². The van der Waals surface area contributed by atoms with E-state index in [4.69, 9.17) is 33.2 Å². The van der Waals surface area contributed by atoms with Gasteiger partial charge in [0.05, 0.1) is 60.0 Å². The third kappa shape index (κ3) is 5.12. The third-order valence-corrected chi connectivity index (χ3v) is 8.35. The van der Waals surface area contributed by atoms with Crippen LogP contribution in [0.25, 0.3) is 0 Å². The molecule has 11 heteroatoms. The number of hydrogen-bond donors (Lipinski definition) is 4. The van der Waals surface area contributed by atoms with Gasteiger partial charge in [-0.25, -0.2) is 0 Å². The standard InChI is InChI=1S/C29H38O11/c1-34-20-7-15(8-21(35-2)26(20)33)27-17-12-39-28(18(17)13-38-27)16-9-23(36-3)29(24(10-16)37-4)40-22-6-14(11-30)5-19(31)25(22)32/h7-10,14,17-19,22,25,27-28,30-33H,5-6,11-13H2,1-4H3/t14-,17?,18?,19+,22?,25-,27?,28?/m1/s1. The van der Waals surface area contributed by atoms with Gasteiger partial charge in [0.2, 0.25) is 11.5 Å². The first-order valence-electron chi connectivity index (χ1n) is 13.4. The Morgan fingerprint density at radius 2 is 1.23 bits per heavy atom. The van der Waals surface area contributed by atoms with E-state index in [1.54, 1.807) is 12.1 Å². The Kier molecular flexibility index (Phi) is 8.48. The zero-order chi connectivity index (χ0) is 28.6. The number of aliphatic hydroxyl groups excluding tert-OH is 3. The van der Waals surface area contributed by atoms with Crippen LogP contribution in [0.3, 0.4) is 0 Å². The Bertz CT molecular complexity index is 1140. The number of rotatable bonds is 9. The highest BCUT2D eigenvalue weighted by molar-refractivity contribution is 5.55. The van der Waals surface area contributed by atoms with Crippen LogP contribution in [0.15, 0.2) is 24.3 Å². The summed E-state index contributed by atoms with van der Waals surface area (Å²) >= 11 is 0. The number of ether oxygens (including phenoxy) is 7. The molecule has 3 fully saturated rings. The molecule has 220 valence electrons. The maximum absolute atomic E-state index is 10.6. The average Bonchev–Trinajstić information content (AvgIpc) is 3.58. The van der Waals surface area contributed by atoms with E-state index < -0.39 is 18.3 Å². The van der Waals surface area contributed by atoms with Crippen LogP contribution in [-0.2, 0) is 9.47 Å². The highest BCUT2D eigenvalue weighted by Crippen LogP contribution is 2.53. The summed E-state index contributed by atoms with van der Waals surface area (Å²) < 4.78 is 40.7. The van der Waals surface area contributed by atoms with Gasteiger partial charge in [0, 0.05) is 18.4 Å². The van der Waals surface area contributed by atoms with Crippen molar-refractivity contribution in [1.29, 1.82) is 0 Å². The molecule has 2 heterocycles. The van der Waals surface area contributed by atoms with Crippen molar-refractivity contribution >= 4 is 0 Å².